The fourth-order valence-electron chi connectivity index (χ4n) is 8.98. The van der Waals surface area contributed by atoms with E-state index in [1.54, 1.807) is 38.5 Å². The second-order valence-corrected chi connectivity index (χ2v) is 13.7. The zero-order valence-electron chi connectivity index (χ0n) is 26.7. The molecule has 10 nitrogen and oxygen atoms in total. The van der Waals surface area contributed by atoms with Gasteiger partial charge in [-0.05, 0) is 50.7 Å². The number of esters is 4. The maximum atomic E-state index is 14.7. The van der Waals surface area contributed by atoms with Gasteiger partial charge in [-0.2, -0.15) is 0 Å². The molecule has 0 N–H and O–H groups in total. The monoisotopic (exact) mass is 610 g/mol. The van der Waals surface area contributed by atoms with Crippen LogP contribution in [0.15, 0.2) is 45.8 Å². The molecule has 0 aromatic carbocycles. The van der Waals surface area contributed by atoms with Gasteiger partial charge in [0.2, 0.25) is 6.10 Å². The largest absolute Gasteiger partial charge is 0.472 e. The van der Waals surface area contributed by atoms with E-state index in [0.717, 1.165) is 16.7 Å². The predicted octanol–water partition coefficient (Wildman–Crippen LogP) is 5.21. The van der Waals surface area contributed by atoms with Gasteiger partial charge in [0, 0.05) is 40.2 Å². The zero-order chi connectivity index (χ0) is 32.4. The van der Waals surface area contributed by atoms with Crippen LogP contribution in [-0.2, 0) is 42.9 Å². The quantitative estimate of drug-likeness (QED) is 0.183. The van der Waals surface area contributed by atoms with E-state index >= 15 is 0 Å². The molecule has 1 aromatic rings. The molecule has 0 spiro atoms. The van der Waals surface area contributed by atoms with Gasteiger partial charge >= 0.3 is 23.9 Å². The molecule has 0 amide bonds. The van der Waals surface area contributed by atoms with Gasteiger partial charge in [0.15, 0.2) is 0 Å². The summed E-state index contributed by atoms with van der Waals surface area (Å²) in [5, 5.41) is 0. The molecule has 8 atom stereocenters. The van der Waals surface area contributed by atoms with Gasteiger partial charge in [0.1, 0.15) is 18.0 Å². The van der Waals surface area contributed by atoms with Crippen LogP contribution in [0.3, 0.4) is 0 Å². The molecule has 238 valence electrons. The Morgan fingerprint density at radius 3 is 2.41 bits per heavy atom. The van der Waals surface area contributed by atoms with E-state index in [-0.39, 0.29) is 24.1 Å². The fraction of sp³-hybridized carbons (Fsp3) is 0.618. The lowest BCUT2D eigenvalue weighted by atomic mass is 9.40. The maximum Gasteiger partial charge on any atom is 0.347 e. The minimum atomic E-state index is -1.43. The van der Waals surface area contributed by atoms with Crippen LogP contribution in [-0.4, -0.2) is 49.0 Å². The molecule has 2 saturated carbocycles. The molecule has 10 heteroatoms. The molecule has 1 aromatic heterocycles. The molecule has 3 fully saturated rings. The lowest BCUT2D eigenvalue weighted by Crippen LogP contribution is -2.70. The summed E-state index contributed by atoms with van der Waals surface area (Å²) in [6.45, 7) is 12.2. The number of ketones is 1. The number of Topliss-reactive ketones (excluding diaryl/α,β-unsaturated/α-hetero) is 1. The van der Waals surface area contributed by atoms with Crippen LogP contribution in [0.25, 0.3) is 0 Å². The predicted molar refractivity (Wildman–Crippen MR) is 155 cm³/mol. The van der Waals surface area contributed by atoms with Crippen molar-refractivity contribution in [1.82, 2.24) is 0 Å². The van der Waals surface area contributed by atoms with Crippen LogP contribution in [0.4, 0.5) is 0 Å². The van der Waals surface area contributed by atoms with Gasteiger partial charge in [-0.1, -0.05) is 39.3 Å². The highest BCUT2D eigenvalue weighted by Crippen LogP contribution is 2.68. The SMILES string of the molecule is C/C=C(\C)C(=O)O[C@@H]1[C@H]2CC3=C4CC(=O)O[C@@H](c5ccoc5)[C@]4(C)CC[C@@H]3[C@@](C)(C2=O)[C@@H]([C@@H](OC(C)=O)C(=O)OC)C1(C)C. The average Bonchev–Trinajstić information content (AvgIpc) is 3.50. The smallest absolute Gasteiger partial charge is 0.347 e. The Morgan fingerprint density at radius 1 is 1.11 bits per heavy atom. The van der Waals surface area contributed by atoms with Crippen LogP contribution >= 0.6 is 0 Å². The molecular weight excluding hydrogens is 568 g/mol. The fourth-order valence-corrected chi connectivity index (χ4v) is 8.98. The summed E-state index contributed by atoms with van der Waals surface area (Å²) in [6.07, 6.45) is 3.34. The van der Waals surface area contributed by atoms with Crippen LogP contribution in [0.1, 0.15) is 85.8 Å². The van der Waals surface area contributed by atoms with Crippen LogP contribution in [0.5, 0.6) is 0 Å². The van der Waals surface area contributed by atoms with Crippen molar-refractivity contribution in [3.63, 3.8) is 0 Å². The molecule has 1 aliphatic heterocycles. The van der Waals surface area contributed by atoms with E-state index in [9.17, 15) is 24.0 Å². The summed E-state index contributed by atoms with van der Waals surface area (Å²) in [5.41, 5.74) is 0.209. The highest BCUT2D eigenvalue weighted by Gasteiger charge is 2.71. The first-order valence-electron chi connectivity index (χ1n) is 15.2. The molecule has 2 heterocycles. The summed E-state index contributed by atoms with van der Waals surface area (Å²) in [6, 6.07) is 1.79. The number of hydrogen-bond acceptors (Lipinski definition) is 10. The Balaban J connectivity index is 1.74. The Hall–Kier alpha value is -3.69. The summed E-state index contributed by atoms with van der Waals surface area (Å²) in [5.74, 6) is -4.60. The average molecular weight is 611 g/mol. The zero-order valence-corrected chi connectivity index (χ0v) is 26.7. The summed E-state index contributed by atoms with van der Waals surface area (Å²) in [7, 11) is 1.21. The molecule has 4 aliphatic rings. The third-order valence-corrected chi connectivity index (χ3v) is 11.0. The van der Waals surface area contributed by atoms with Gasteiger partial charge in [-0.3, -0.25) is 14.4 Å². The van der Waals surface area contributed by atoms with Crippen molar-refractivity contribution in [3.8, 4) is 0 Å². The molecule has 44 heavy (non-hydrogen) atoms. The first-order valence-corrected chi connectivity index (χ1v) is 15.2. The van der Waals surface area contributed by atoms with E-state index in [4.69, 9.17) is 23.4 Å². The van der Waals surface area contributed by atoms with Crippen molar-refractivity contribution >= 4 is 29.7 Å². The number of allylic oxidation sites excluding steroid dienone is 2. The van der Waals surface area contributed by atoms with E-state index in [2.05, 4.69) is 6.92 Å². The van der Waals surface area contributed by atoms with Crippen molar-refractivity contribution < 1.29 is 47.3 Å². The molecule has 5 rings (SSSR count). The second kappa shape index (κ2) is 11.0. The second-order valence-electron chi connectivity index (χ2n) is 13.7. The highest BCUT2D eigenvalue weighted by molar-refractivity contribution is 5.94. The number of methoxy groups -OCH3 is 1. The number of fused-ring (bicyclic) bond motifs is 5. The Morgan fingerprint density at radius 2 is 1.82 bits per heavy atom. The summed E-state index contributed by atoms with van der Waals surface area (Å²) < 4.78 is 28.2. The molecule has 0 radical (unpaired) electrons. The number of cyclic esters (lactones) is 1. The number of carbonyl (C=O) groups is 5. The minimum absolute atomic E-state index is 0.0637. The normalized spacial score (nSPS) is 35.1. The van der Waals surface area contributed by atoms with E-state index in [1.807, 2.05) is 20.8 Å². The van der Waals surface area contributed by atoms with Crippen molar-refractivity contribution in [2.24, 2.45) is 34.0 Å². The Bertz CT molecular complexity index is 1450. The maximum absolute atomic E-state index is 14.7. The third-order valence-electron chi connectivity index (χ3n) is 11.0. The number of furan rings is 1. The Kier molecular flexibility index (Phi) is 7.96. The topological polar surface area (TPSA) is 135 Å². The number of rotatable bonds is 6. The molecular formula is C34H42O10. The Labute approximate surface area is 257 Å². The highest BCUT2D eigenvalue weighted by atomic mass is 16.6. The van der Waals surface area contributed by atoms with Gasteiger partial charge in [0.05, 0.1) is 32.0 Å². The molecule has 0 unspecified atom stereocenters. The number of hydrogen-bond donors (Lipinski definition) is 0. The standard InChI is InChI=1S/C34H42O10/c1-9-17(2)30(38)44-29-21-14-20-22(10-12-33(6)23(20)15-24(36)43-28(33)19-11-13-41-16-19)34(7,27(21)37)26(32(29,4)5)25(31(39)40-8)42-18(3)35/h9,11,13,16,21-22,25-26,28-29H,10,12,14-15H2,1-8H3/b17-9+/t21-,22-,25+,26-,28-,29+,33+,34+/m0/s1. The van der Waals surface area contributed by atoms with Gasteiger partial charge in [0.25, 0.3) is 0 Å². The van der Waals surface area contributed by atoms with Crippen molar-refractivity contribution in [2.45, 2.75) is 92.5 Å². The number of ether oxygens (including phenoxy) is 4. The van der Waals surface area contributed by atoms with Crippen LogP contribution in [0.2, 0.25) is 0 Å². The van der Waals surface area contributed by atoms with Crippen molar-refractivity contribution in [2.75, 3.05) is 7.11 Å². The first-order chi connectivity index (χ1) is 20.6. The lowest BCUT2D eigenvalue weighted by molar-refractivity contribution is -0.217. The molecule has 2 bridgehead atoms. The van der Waals surface area contributed by atoms with E-state index in [1.165, 1.54) is 14.0 Å². The molecule has 1 saturated heterocycles. The number of carbonyl (C=O) groups excluding carboxylic acids is 5. The summed E-state index contributed by atoms with van der Waals surface area (Å²) in [4.78, 5) is 66.9. The van der Waals surface area contributed by atoms with Gasteiger partial charge in [-0.15, -0.1) is 0 Å². The van der Waals surface area contributed by atoms with E-state index < -0.39 is 64.3 Å². The minimum Gasteiger partial charge on any atom is -0.472 e. The van der Waals surface area contributed by atoms with Crippen LogP contribution < -0.4 is 0 Å². The summed E-state index contributed by atoms with van der Waals surface area (Å²) >= 11 is 0. The van der Waals surface area contributed by atoms with Crippen molar-refractivity contribution in [1.29, 1.82) is 0 Å². The first kappa shape index (κ1) is 31.7. The van der Waals surface area contributed by atoms with Gasteiger partial charge < -0.3 is 23.4 Å². The van der Waals surface area contributed by atoms with Gasteiger partial charge in [-0.25, -0.2) is 9.59 Å². The lowest BCUT2D eigenvalue weighted by Gasteiger charge is -2.64. The van der Waals surface area contributed by atoms with Crippen LogP contribution in [0, 0.1) is 34.0 Å². The molecule has 3 aliphatic carbocycles. The third kappa shape index (κ3) is 4.63. The van der Waals surface area contributed by atoms with E-state index in [0.29, 0.717) is 24.8 Å². The van der Waals surface area contributed by atoms with Crippen molar-refractivity contribution in [3.05, 3.63) is 47.0 Å².